The number of ether oxygens (including phenoxy) is 1. The Balaban J connectivity index is 2.02. The first kappa shape index (κ1) is 15.0. The molecule has 1 N–H and O–H groups in total. The molecule has 5 nitrogen and oxygen atoms in total. The first-order valence-corrected chi connectivity index (χ1v) is 7.68. The molecule has 0 spiro atoms. The van der Waals surface area contributed by atoms with E-state index >= 15 is 0 Å². The molecule has 0 saturated carbocycles. The smallest absolute Gasteiger partial charge is 0.262 e. The lowest BCUT2D eigenvalue weighted by atomic mass is 10.0. The van der Waals surface area contributed by atoms with Crippen LogP contribution in [-0.2, 0) is 9.53 Å². The molecular formula is C14H20N2O3S. The number of hydrogen-bond acceptors (Lipinski definition) is 4. The van der Waals surface area contributed by atoms with Crippen molar-refractivity contribution in [2.75, 3.05) is 26.3 Å². The molecule has 1 aliphatic heterocycles. The average molecular weight is 296 g/mol. The van der Waals surface area contributed by atoms with Crippen molar-refractivity contribution in [2.45, 2.75) is 19.9 Å². The molecule has 1 aromatic rings. The number of thiophene rings is 1. The van der Waals surface area contributed by atoms with Gasteiger partial charge in [-0.1, -0.05) is 19.9 Å². The highest BCUT2D eigenvalue weighted by Gasteiger charge is 2.29. The summed E-state index contributed by atoms with van der Waals surface area (Å²) in [7, 11) is 0. The Morgan fingerprint density at radius 1 is 1.35 bits per heavy atom. The SMILES string of the molecule is CC(C)C(NC(=O)c1cccs1)C(=O)N1CCOCC1. The van der Waals surface area contributed by atoms with Crippen LogP contribution in [0.2, 0.25) is 0 Å². The molecule has 1 atom stereocenters. The molecule has 20 heavy (non-hydrogen) atoms. The van der Waals surface area contributed by atoms with Gasteiger partial charge in [0.05, 0.1) is 18.1 Å². The molecule has 1 aliphatic rings. The molecule has 2 amide bonds. The van der Waals surface area contributed by atoms with Crippen LogP contribution in [0.4, 0.5) is 0 Å². The molecule has 1 saturated heterocycles. The molecule has 0 radical (unpaired) electrons. The summed E-state index contributed by atoms with van der Waals surface area (Å²) in [5, 5.41) is 4.71. The van der Waals surface area contributed by atoms with Crippen LogP contribution in [0.1, 0.15) is 23.5 Å². The van der Waals surface area contributed by atoms with E-state index in [1.165, 1.54) is 11.3 Å². The van der Waals surface area contributed by atoms with Crippen molar-refractivity contribution in [3.8, 4) is 0 Å². The summed E-state index contributed by atoms with van der Waals surface area (Å²) in [6.45, 7) is 6.20. The largest absolute Gasteiger partial charge is 0.378 e. The minimum absolute atomic E-state index is 0.0202. The van der Waals surface area contributed by atoms with Crippen molar-refractivity contribution in [1.82, 2.24) is 10.2 Å². The fraction of sp³-hybridized carbons (Fsp3) is 0.571. The average Bonchev–Trinajstić information content (AvgIpc) is 2.98. The predicted molar refractivity (Wildman–Crippen MR) is 77.8 cm³/mol. The number of nitrogens with one attached hydrogen (secondary N) is 1. The van der Waals surface area contributed by atoms with Gasteiger partial charge in [0.2, 0.25) is 5.91 Å². The molecule has 110 valence electrons. The first-order valence-electron chi connectivity index (χ1n) is 6.80. The van der Waals surface area contributed by atoms with Crippen LogP contribution < -0.4 is 5.32 Å². The summed E-state index contributed by atoms with van der Waals surface area (Å²) in [5.41, 5.74) is 0. The molecule has 2 rings (SSSR count). The van der Waals surface area contributed by atoms with Gasteiger partial charge < -0.3 is 15.0 Å². The van der Waals surface area contributed by atoms with Gasteiger partial charge in [0.1, 0.15) is 6.04 Å². The van der Waals surface area contributed by atoms with Crippen LogP contribution in [0.25, 0.3) is 0 Å². The topological polar surface area (TPSA) is 58.6 Å². The normalized spacial score (nSPS) is 17.1. The second-order valence-corrected chi connectivity index (χ2v) is 6.06. The molecular weight excluding hydrogens is 276 g/mol. The lowest BCUT2D eigenvalue weighted by molar-refractivity contribution is -0.138. The van der Waals surface area contributed by atoms with Crippen molar-refractivity contribution >= 4 is 23.2 Å². The highest BCUT2D eigenvalue weighted by atomic mass is 32.1. The van der Waals surface area contributed by atoms with Crippen LogP contribution >= 0.6 is 11.3 Å². The van der Waals surface area contributed by atoms with Gasteiger partial charge in [-0.05, 0) is 17.4 Å². The zero-order valence-corrected chi connectivity index (χ0v) is 12.6. The fourth-order valence-corrected chi connectivity index (χ4v) is 2.74. The van der Waals surface area contributed by atoms with Crippen LogP contribution in [-0.4, -0.2) is 49.1 Å². The van der Waals surface area contributed by atoms with E-state index in [1.54, 1.807) is 11.0 Å². The summed E-state index contributed by atoms with van der Waals surface area (Å²) in [6, 6.07) is 3.10. The van der Waals surface area contributed by atoms with E-state index in [2.05, 4.69) is 5.32 Å². The number of nitrogens with zero attached hydrogens (tertiary/aromatic N) is 1. The minimum Gasteiger partial charge on any atom is -0.378 e. The van der Waals surface area contributed by atoms with E-state index in [0.717, 1.165) is 0 Å². The van der Waals surface area contributed by atoms with Gasteiger partial charge in [-0.3, -0.25) is 9.59 Å². The Morgan fingerprint density at radius 2 is 2.05 bits per heavy atom. The quantitative estimate of drug-likeness (QED) is 0.913. The maximum absolute atomic E-state index is 12.5. The lowest BCUT2D eigenvalue weighted by Gasteiger charge is -2.32. The van der Waals surface area contributed by atoms with Gasteiger partial charge in [-0.2, -0.15) is 0 Å². The molecule has 6 heteroatoms. The number of morpholine rings is 1. The minimum atomic E-state index is -0.484. The molecule has 0 aromatic carbocycles. The van der Waals surface area contributed by atoms with E-state index in [4.69, 9.17) is 4.74 Å². The zero-order valence-electron chi connectivity index (χ0n) is 11.8. The third-order valence-electron chi connectivity index (χ3n) is 3.29. The van der Waals surface area contributed by atoms with Crippen molar-refractivity contribution in [1.29, 1.82) is 0 Å². The van der Waals surface area contributed by atoms with Gasteiger partial charge in [-0.15, -0.1) is 11.3 Å². The molecule has 2 heterocycles. The van der Waals surface area contributed by atoms with E-state index in [1.807, 2.05) is 25.3 Å². The maximum atomic E-state index is 12.5. The summed E-state index contributed by atoms with van der Waals surface area (Å²) < 4.78 is 5.25. The van der Waals surface area contributed by atoms with Crippen LogP contribution in [0.3, 0.4) is 0 Å². The van der Waals surface area contributed by atoms with Crippen molar-refractivity contribution < 1.29 is 14.3 Å². The third-order valence-corrected chi connectivity index (χ3v) is 4.16. The zero-order chi connectivity index (χ0) is 14.5. The second kappa shape index (κ2) is 6.85. The highest BCUT2D eigenvalue weighted by molar-refractivity contribution is 7.12. The molecule has 0 aliphatic carbocycles. The Morgan fingerprint density at radius 3 is 2.60 bits per heavy atom. The Bertz CT molecular complexity index is 453. The van der Waals surface area contributed by atoms with Crippen LogP contribution in [0.5, 0.6) is 0 Å². The van der Waals surface area contributed by atoms with Crippen molar-refractivity contribution in [2.24, 2.45) is 5.92 Å². The maximum Gasteiger partial charge on any atom is 0.262 e. The molecule has 1 fully saturated rings. The van der Waals surface area contributed by atoms with E-state index in [9.17, 15) is 9.59 Å². The summed E-state index contributed by atoms with van der Waals surface area (Å²) in [6.07, 6.45) is 0. The van der Waals surface area contributed by atoms with Gasteiger partial charge in [0.15, 0.2) is 0 Å². The monoisotopic (exact) mass is 296 g/mol. The summed E-state index contributed by atoms with van der Waals surface area (Å²) >= 11 is 1.38. The van der Waals surface area contributed by atoms with E-state index < -0.39 is 6.04 Å². The van der Waals surface area contributed by atoms with Crippen LogP contribution in [0.15, 0.2) is 17.5 Å². The van der Waals surface area contributed by atoms with Gasteiger partial charge >= 0.3 is 0 Å². The lowest BCUT2D eigenvalue weighted by Crippen LogP contribution is -2.53. The van der Waals surface area contributed by atoms with E-state index in [-0.39, 0.29) is 17.7 Å². The number of amides is 2. The standard InChI is InChI=1S/C14H20N2O3S/c1-10(2)12(14(18)16-5-7-19-8-6-16)15-13(17)11-4-3-9-20-11/h3-4,9-10,12H,5-8H2,1-2H3,(H,15,17). The third kappa shape index (κ3) is 3.58. The second-order valence-electron chi connectivity index (χ2n) is 5.11. The van der Waals surface area contributed by atoms with Crippen LogP contribution in [0, 0.1) is 5.92 Å². The molecule has 1 unspecified atom stereocenters. The summed E-state index contributed by atoms with van der Waals surface area (Å²) in [5.74, 6) is -0.150. The molecule has 1 aromatic heterocycles. The number of carbonyl (C=O) groups excluding carboxylic acids is 2. The predicted octanol–water partition coefficient (Wildman–Crippen LogP) is 1.36. The van der Waals surface area contributed by atoms with Gasteiger partial charge in [0, 0.05) is 13.1 Å². The van der Waals surface area contributed by atoms with E-state index in [0.29, 0.717) is 31.2 Å². The fourth-order valence-electron chi connectivity index (χ4n) is 2.11. The Hall–Kier alpha value is -1.40. The van der Waals surface area contributed by atoms with Gasteiger partial charge in [-0.25, -0.2) is 0 Å². The van der Waals surface area contributed by atoms with Crippen molar-refractivity contribution in [3.63, 3.8) is 0 Å². The van der Waals surface area contributed by atoms with Crippen molar-refractivity contribution in [3.05, 3.63) is 22.4 Å². The Kier molecular flexibility index (Phi) is 5.14. The first-order chi connectivity index (χ1) is 9.59. The number of hydrogen-bond donors (Lipinski definition) is 1. The number of rotatable bonds is 4. The Labute approximate surface area is 122 Å². The summed E-state index contributed by atoms with van der Waals surface area (Å²) in [4.78, 5) is 27.0. The number of carbonyl (C=O) groups is 2. The molecule has 0 bridgehead atoms. The van der Waals surface area contributed by atoms with Gasteiger partial charge in [0.25, 0.3) is 5.91 Å². The highest BCUT2D eigenvalue weighted by Crippen LogP contribution is 2.12.